The summed E-state index contributed by atoms with van der Waals surface area (Å²) in [7, 11) is 2.06. The van der Waals surface area contributed by atoms with Crippen molar-refractivity contribution >= 4 is 5.91 Å². The number of morpholine rings is 1. The van der Waals surface area contributed by atoms with Crippen LogP contribution in [0.1, 0.15) is 42.4 Å². The Balaban J connectivity index is 1.27. The first-order chi connectivity index (χ1) is 14.1. The predicted octanol–water partition coefficient (Wildman–Crippen LogP) is 0.949. The average molecular weight is 402 g/mol. The summed E-state index contributed by atoms with van der Waals surface area (Å²) >= 11 is 0. The summed E-state index contributed by atoms with van der Waals surface area (Å²) in [4.78, 5) is 16.9. The maximum Gasteiger partial charge on any atom is 0.224 e. The van der Waals surface area contributed by atoms with E-state index in [9.17, 15) is 4.79 Å². The van der Waals surface area contributed by atoms with Crippen molar-refractivity contribution in [2.75, 3.05) is 39.4 Å². The van der Waals surface area contributed by atoms with Crippen molar-refractivity contribution < 1.29 is 9.53 Å². The lowest BCUT2D eigenvalue weighted by Gasteiger charge is -2.31. The first-order valence-electron chi connectivity index (χ1n) is 10.6. The van der Waals surface area contributed by atoms with Gasteiger partial charge in [-0.15, -0.1) is 10.2 Å². The number of amides is 1. The number of carbonyl (C=O) groups excluding carboxylic acids is 1. The van der Waals surface area contributed by atoms with Crippen LogP contribution in [0.3, 0.4) is 0 Å². The predicted molar refractivity (Wildman–Crippen MR) is 107 cm³/mol. The molecule has 9 nitrogen and oxygen atoms in total. The summed E-state index contributed by atoms with van der Waals surface area (Å²) < 4.78 is 9.41. The molecule has 0 aliphatic carbocycles. The number of aryl methyl sites for hydroxylation is 2. The molecule has 2 aromatic rings. The Morgan fingerprint density at radius 2 is 1.93 bits per heavy atom. The fourth-order valence-electron chi connectivity index (χ4n) is 4.17. The lowest BCUT2D eigenvalue weighted by atomic mass is 9.95. The van der Waals surface area contributed by atoms with Gasteiger partial charge in [-0.05, 0) is 25.3 Å². The van der Waals surface area contributed by atoms with Crippen LogP contribution in [0.15, 0.2) is 12.4 Å². The first kappa shape index (κ1) is 20.0. The molecular formula is C20H31N7O2. The molecule has 2 aliphatic rings. The third-order valence-corrected chi connectivity index (χ3v) is 6.00. The third kappa shape index (κ3) is 4.84. The summed E-state index contributed by atoms with van der Waals surface area (Å²) in [6.07, 6.45) is 6.18. The number of rotatable bonds is 6. The molecular weight excluding hydrogens is 370 g/mol. The number of ether oxygens (including phenoxy) is 1. The molecule has 0 aromatic carbocycles. The van der Waals surface area contributed by atoms with E-state index in [-0.39, 0.29) is 5.91 Å². The van der Waals surface area contributed by atoms with Crippen LogP contribution >= 0.6 is 0 Å². The van der Waals surface area contributed by atoms with Crippen LogP contribution in [-0.4, -0.2) is 79.6 Å². The number of aromatic nitrogens is 5. The number of hydrogen-bond acceptors (Lipinski definition) is 6. The van der Waals surface area contributed by atoms with Gasteiger partial charge in [0.25, 0.3) is 0 Å². The first-order valence-corrected chi connectivity index (χ1v) is 10.6. The molecule has 4 heterocycles. The van der Waals surface area contributed by atoms with E-state index < -0.39 is 0 Å². The van der Waals surface area contributed by atoms with Crippen LogP contribution in [0, 0.1) is 6.92 Å². The number of hydrogen-bond donors (Lipinski definition) is 0. The van der Waals surface area contributed by atoms with Crippen LogP contribution in [0.2, 0.25) is 0 Å². The molecule has 9 heteroatoms. The van der Waals surface area contributed by atoms with Crippen molar-refractivity contribution in [3.05, 3.63) is 29.6 Å². The van der Waals surface area contributed by atoms with Gasteiger partial charge in [-0.2, -0.15) is 5.10 Å². The van der Waals surface area contributed by atoms with E-state index in [1.807, 2.05) is 28.9 Å². The SMILES string of the molecule is Cc1cnn(CCC(=O)N2CCC(c3nnc(CN4CCOCC4)n3C)CC2)c1. The van der Waals surface area contributed by atoms with Crippen LogP contribution in [0.5, 0.6) is 0 Å². The minimum absolute atomic E-state index is 0.211. The Labute approximate surface area is 171 Å². The molecule has 29 heavy (non-hydrogen) atoms. The molecule has 0 spiro atoms. The number of piperidine rings is 1. The lowest BCUT2D eigenvalue weighted by molar-refractivity contribution is -0.132. The second kappa shape index (κ2) is 9.04. The van der Waals surface area contributed by atoms with Gasteiger partial charge in [0.15, 0.2) is 0 Å². The second-order valence-electron chi connectivity index (χ2n) is 8.11. The lowest BCUT2D eigenvalue weighted by Crippen LogP contribution is -2.38. The monoisotopic (exact) mass is 401 g/mol. The number of likely N-dealkylation sites (tertiary alicyclic amines) is 1. The molecule has 0 atom stereocenters. The maximum absolute atomic E-state index is 12.5. The highest BCUT2D eigenvalue weighted by Gasteiger charge is 2.27. The molecule has 2 fully saturated rings. The summed E-state index contributed by atoms with van der Waals surface area (Å²) in [5.41, 5.74) is 1.12. The second-order valence-corrected chi connectivity index (χ2v) is 8.11. The zero-order valence-corrected chi connectivity index (χ0v) is 17.5. The number of carbonyl (C=O) groups is 1. The van der Waals surface area contributed by atoms with Gasteiger partial charge in [0.2, 0.25) is 5.91 Å². The molecule has 0 saturated carbocycles. The van der Waals surface area contributed by atoms with E-state index in [0.717, 1.165) is 76.0 Å². The van der Waals surface area contributed by atoms with Crippen molar-refractivity contribution in [3.63, 3.8) is 0 Å². The molecule has 158 valence electrons. The zero-order valence-electron chi connectivity index (χ0n) is 17.5. The fourth-order valence-corrected chi connectivity index (χ4v) is 4.17. The Morgan fingerprint density at radius 3 is 2.62 bits per heavy atom. The van der Waals surface area contributed by atoms with E-state index in [0.29, 0.717) is 18.9 Å². The van der Waals surface area contributed by atoms with Crippen LogP contribution < -0.4 is 0 Å². The quantitative estimate of drug-likeness (QED) is 0.717. The zero-order chi connectivity index (χ0) is 20.2. The van der Waals surface area contributed by atoms with Crippen molar-refractivity contribution in [2.45, 2.75) is 45.2 Å². The fraction of sp³-hybridized carbons (Fsp3) is 0.700. The highest BCUT2D eigenvalue weighted by Crippen LogP contribution is 2.27. The minimum Gasteiger partial charge on any atom is -0.379 e. The summed E-state index contributed by atoms with van der Waals surface area (Å²) in [6, 6.07) is 0. The highest BCUT2D eigenvalue weighted by atomic mass is 16.5. The van der Waals surface area contributed by atoms with Gasteiger partial charge in [-0.25, -0.2) is 0 Å². The Bertz CT molecular complexity index is 817. The van der Waals surface area contributed by atoms with Crippen molar-refractivity contribution in [3.8, 4) is 0 Å². The molecule has 0 N–H and O–H groups in total. The van der Waals surface area contributed by atoms with E-state index in [1.165, 1.54) is 0 Å². The van der Waals surface area contributed by atoms with Crippen LogP contribution in [0.4, 0.5) is 0 Å². The summed E-state index contributed by atoms with van der Waals surface area (Å²) in [6.45, 7) is 8.50. The van der Waals surface area contributed by atoms with Crippen molar-refractivity contribution in [1.82, 2.24) is 34.3 Å². The van der Waals surface area contributed by atoms with E-state index in [1.54, 1.807) is 0 Å². The Morgan fingerprint density at radius 1 is 1.17 bits per heavy atom. The van der Waals surface area contributed by atoms with Crippen LogP contribution in [0.25, 0.3) is 0 Å². The van der Waals surface area contributed by atoms with Gasteiger partial charge in [-0.1, -0.05) is 0 Å². The van der Waals surface area contributed by atoms with Gasteiger partial charge in [0, 0.05) is 58.3 Å². The molecule has 0 bridgehead atoms. The van der Waals surface area contributed by atoms with E-state index in [2.05, 4.69) is 31.8 Å². The summed E-state index contributed by atoms with van der Waals surface area (Å²) in [5, 5.41) is 13.2. The van der Waals surface area contributed by atoms with Gasteiger partial charge in [0.05, 0.1) is 26.0 Å². The van der Waals surface area contributed by atoms with E-state index in [4.69, 9.17) is 4.74 Å². The maximum atomic E-state index is 12.5. The molecule has 0 unspecified atom stereocenters. The minimum atomic E-state index is 0.211. The van der Waals surface area contributed by atoms with Gasteiger partial charge < -0.3 is 14.2 Å². The van der Waals surface area contributed by atoms with Gasteiger partial charge >= 0.3 is 0 Å². The highest BCUT2D eigenvalue weighted by molar-refractivity contribution is 5.76. The van der Waals surface area contributed by atoms with Crippen molar-refractivity contribution in [2.24, 2.45) is 7.05 Å². The third-order valence-electron chi connectivity index (χ3n) is 6.00. The summed E-state index contributed by atoms with van der Waals surface area (Å²) in [5.74, 6) is 2.63. The normalized spacial score (nSPS) is 19.0. The molecule has 1 amide bonds. The van der Waals surface area contributed by atoms with Gasteiger partial charge in [0.1, 0.15) is 11.6 Å². The molecule has 4 rings (SSSR count). The molecule has 2 aliphatic heterocycles. The number of nitrogens with zero attached hydrogens (tertiary/aromatic N) is 7. The molecule has 2 saturated heterocycles. The standard InChI is InChI=1S/C20H31N7O2/c1-16-13-21-27(14-16)8-5-19(28)26-6-3-17(4-7-26)20-23-22-18(24(20)2)15-25-9-11-29-12-10-25/h13-14,17H,3-12,15H2,1-2H3. The van der Waals surface area contributed by atoms with E-state index >= 15 is 0 Å². The smallest absolute Gasteiger partial charge is 0.224 e. The topological polar surface area (TPSA) is 81.3 Å². The average Bonchev–Trinajstić information content (AvgIpc) is 3.33. The van der Waals surface area contributed by atoms with Gasteiger partial charge in [-0.3, -0.25) is 14.4 Å². The largest absolute Gasteiger partial charge is 0.379 e. The molecule has 2 aromatic heterocycles. The Hall–Kier alpha value is -2.26. The van der Waals surface area contributed by atoms with Crippen molar-refractivity contribution in [1.29, 1.82) is 0 Å². The Kier molecular flexibility index (Phi) is 6.25. The molecule has 0 radical (unpaired) electrons. The van der Waals surface area contributed by atoms with Crippen LogP contribution in [-0.2, 0) is 29.7 Å².